The molecule has 0 atom stereocenters. The largest absolute Gasteiger partial charge is 0.396 e. The molecular formula is C21H32N4O2S. The number of piperazine rings is 1. The molecule has 0 aliphatic carbocycles. The second-order valence-corrected chi connectivity index (χ2v) is 7.37. The Morgan fingerprint density at radius 3 is 2.32 bits per heavy atom. The first-order valence-corrected chi connectivity index (χ1v) is 11.1. The summed E-state index contributed by atoms with van der Waals surface area (Å²) in [7, 11) is 0. The first-order chi connectivity index (χ1) is 13.6. The van der Waals surface area contributed by atoms with Crippen LogP contribution in [0.1, 0.15) is 31.5 Å². The molecule has 2 aromatic rings. The van der Waals surface area contributed by atoms with Crippen molar-refractivity contribution in [3.8, 4) is 5.69 Å². The maximum absolute atomic E-state index is 13.1. The molecule has 1 saturated heterocycles. The summed E-state index contributed by atoms with van der Waals surface area (Å²) < 4.78 is 3.99. The van der Waals surface area contributed by atoms with E-state index in [-0.39, 0.29) is 12.2 Å². The van der Waals surface area contributed by atoms with Crippen LogP contribution in [0.3, 0.4) is 0 Å². The fraction of sp³-hybridized carbons (Fsp3) is 0.524. The van der Waals surface area contributed by atoms with Gasteiger partial charge in [-0.25, -0.2) is 9.29 Å². The molecular weight excluding hydrogens is 372 g/mol. The lowest BCUT2D eigenvalue weighted by atomic mass is 10.2. The van der Waals surface area contributed by atoms with Crippen molar-refractivity contribution in [2.75, 3.05) is 43.9 Å². The van der Waals surface area contributed by atoms with Crippen molar-refractivity contribution in [3.05, 3.63) is 52.1 Å². The quantitative estimate of drug-likeness (QED) is 0.747. The van der Waals surface area contributed by atoms with Gasteiger partial charge in [0.25, 0.3) is 5.56 Å². The van der Waals surface area contributed by atoms with Gasteiger partial charge in [0.2, 0.25) is 0 Å². The van der Waals surface area contributed by atoms with Crippen LogP contribution in [0.5, 0.6) is 0 Å². The van der Waals surface area contributed by atoms with Crippen molar-refractivity contribution in [2.24, 2.45) is 0 Å². The van der Waals surface area contributed by atoms with Crippen molar-refractivity contribution in [1.82, 2.24) is 13.9 Å². The zero-order chi connectivity index (χ0) is 20.5. The Bertz CT molecular complexity index is 784. The van der Waals surface area contributed by atoms with Crippen molar-refractivity contribution in [3.63, 3.8) is 0 Å². The van der Waals surface area contributed by atoms with Gasteiger partial charge < -0.3 is 10.0 Å². The lowest BCUT2D eigenvalue weighted by molar-refractivity contribution is 0.288. The van der Waals surface area contributed by atoms with Gasteiger partial charge in [0.15, 0.2) is 5.82 Å². The first-order valence-electron chi connectivity index (χ1n) is 9.97. The number of aliphatic hydroxyl groups is 1. The summed E-state index contributed by atoms with van der Waals surface area (Å²) in [5.41, 5.74) is 2.75. The monoisotopic (exact) mass is 404 g/mol. The summed E-state index contributed by atoms with van der Waals surface area (Å²) in [4.78, 5) is 19.9. The number of benzene rings is 1. The van der Waals surface area contributed by atoms with Crippen LogP contribution >= 0.6 is 11.9 Å². The summed E-state index contributed by atoms with van der Waals surface area (Å²) in [6, 6.07) is 7.93. The van der Waals surface area contributed by atoms with Crippen molar-refractivity contribution in [2.45, 2.75) is 33.6 Å². The smallest absolute Gasteiger partial charge is 0.298 e. The van der Waals surface area contributed by atoms with Gasteiger partial charge in [-0.3, -0.25) is 9.36 Å². The SMILES string of the molecule is CC.CSN1CCN(c2nc(CCCO)cn(-c3ccc(C)cc3)c2=O)CC1. The fourth-order valence-corrected chi connectivity index (χ4v) is 3.62. The Kier molecular flexibility index (Phi) is 9.02. The molecule has 0 saturated carbocycles. The number of rotatable bonds is 6. The molecule has 1 aliphatic heterocycles. The fourth-order valence-electron chi connectivity index (χ4n) is 3.09. The normalized spacial score (nSPS) is 14.5. The highest BCUT2D eigenvalue weighted by Crippen LogP contribution is 2.16. The number of nitrogens with zero attached hydrogens (tertiary/aromatic N) is 4. The molecule has 1 aliphatic rings. The molecule has 6 nitrogen and oxygen atoms in total. The minimum absolute atomic E-state index is 0.0841. The predicted molar refractivity (Wildman–Crippen MR) is 119 cm³/mol. The highest BCUT2D eigenvalue weighted by molar-refractivity contribution is 7.96. The minimum atomic E-state index is -0.0841. The van der Waals surface area contributed by atoms with E-state index in [2.05, 4.69) is 20.4 Å². The van der Waals surface area contributed by atoms with Crippen LogP contribution in [-0.2, 0) is 6.42 Å². The Morgan fingerprint density at radius 2 is 1.75 bits per heavy atom. The van der Waals surface area contributed by atoms with Crippen LogP contribution in [0.4, 0.5) is 5.82 Å². The highest BCUT2D eigenvalue weighted by atomic mass is 32.2. The van der Waals surface area contributed by atoms with Crippen molar-refractivity contribution >= 4 is 17.8 Å². The topological polar surface area (TPSA) is 61.6 Å². The molecule has 0 spiro atoms. The van der Waals surface area contributed by atoms with Gasteiger partial charge in [-0.1, -0.05) is 43.5 Å². The molecule has 0 unspecified atom stereocenters. The van der Waals surface area contributed by atoms with Crippen LogP contribution in [-0.4, -0.2) is 58.0 Å². The average molecular weight is 405 g/mol. The van der Waals surface area contributed by atoms with E-state index in [9.17, 15) is 4.79 Å². The molecule has 1 aromatic carbocycles. The second-order valence-electron chi connectivity index (χ2n) is 6.49. The standard InChI is InChI=1S/C19H26N4O2S.C2H6/c1-15-5-7-17(8-6-15)23-14-16(4-3-13-24)20-18(19(23)25)21-9-11-22(26-2)12-10-21;1-2/h5-8,14,24H,3-4,9-13H2,1-2H3;1-2H3. The van der Waals surface area contributed by atoms with E-state index in [0.717, 1.165) is 43.1 Å². The molecule has 1 aromatic heterocycles. The number of aromatic nitrogens is 2. The number of anilines is 1. The molecule has 0 radical (unpaired) electrons. The van der Waals surface area contributed by atoms with Crippen LogP contribution < -0.4 is 10.5 Å². The third-order valence-electron chi connectivity index (χ3n) is 4.64. The first kappa shape index (κ1) is 22.5. The second kappa shape index (κ2) is 11.2. The highest BCUT2D eigenvalue weighted by Gasteiger charge is 2.21. The maximum atomic E-state index is 13.1. The molecule has 3 rings (SSSR count). The Morgan fingerprint density at radius 1 is 1.11 bits per heavy atom. The number of aryl methyl sites for hydroxylation is 2. The molecule has 2 heterocycles. The van der Waals surface area contributed by atoms with E-state index < -0.39 is 0 Å². The lowest BCUT2D eigenvalue weighted by Crippen LogP contribution is -2.46. The van der Waals surface area contributed by atoms with E-state index >= 15 is 0 Å². The van der Waals surface area contributed by atoms with Gasteiger partial charge in [-0.15, -0.1) is 0 Å². The molecule has 0 bridgehead atoms. The maximum Gasteiger partial charge on any atom is 0.298 e. The molecule has 0 amide bonds. The number of hydrogen-bond donors (Lipinski definition) is 1. The van der Waals surface area contributed by atoms with Gasteiger partial charge in [0.05, 0.1) is 5.69 Å². The van der Waals surface area contributed by atoms with Crippen LogP contribution in [0.2, 0.25) is 0 Å². The van der Waals surface area contributed by atoms with Gasteiger partial charge >= 0.3 is 0 Å². The van der Waals surface area contributed by atoms with Gasteiger partial charge in [-0.2, -0.15) is 0 Å². The molecule has 1 fully saturated rings. The number of aliphatic hydroxyl groups excluding tert-OH is 1. The molecule has 154 valence electrons. The van der Waals surface area contributed by atoms with Crippen LogP contribution in [0.25, 0.3) is 5.69 Å². The summed E-state index contributed by atoms with van der Waals surface area (Å²) in [5, 5.41) is 9.16. The van der Waals surface area contributed by atoms with E-state index in [1.165, 1.54) is 0 Å². The third-order valence-corrected chi connectivity index (χ3v) is 5.52. The summed E-state index contributed by atoms with van der Waals surface area (Å²) >= 11 is 1.74. The van der Waals surface area contributed by atoms with E-state index in [1.807, 2.05) is 51.2 Å². The van der Waals surface area contributed by atoms with E-state index in [1.54, 1.807) is 16.5 Å². The molecule has 7 heteroatoms. The van der Waals surface area contributed by atoms with Crippen LogP contribution in [0, 0.1) is 6.92 Å². The lowest BCUT2D eigenvalue weighted by Gasteiger charge is -2.33. The van der Waals surface area contributed by atoms with Crippen molar-refractivity contribution < 1.29 is 5.11 Å². The summed E-state index contributed by atoms with van der Waals surface area (Å²) in [5.74, 6) is 0.516. The Balaban J connectivity index is 0.00000136. The summed E-state index contributed by atoms with van der Waals surface area (Å²) in [6.07, 6.45) is 5.18. The predicted octanol–water partition coefficient (Wildman–Crippen LogP) is 2.89. The van der Waals surface area contributed by atoms with Crippen molar-refractivity contribution in [1.29, 1.82) is 0 Å². The summed E-state index contributed by atoms with van der Waals surface area (Å²) in [6.45, 7) is 9.55. The van der Waals surface area contributed by atoms with Crippen LogP contribution in [0.15, 0.2) is 35.3 Å². The van der Waals surface area contributed by atoms with E-state index in [4.69, 9.17) is 5.11 Å². The van der Waals surface area contributed by atoms with Gasteiger partial charge in [-0.05, 0) is 38.2 Å². The zero-order valence-corrected chi connectivity index (χ0v) is 18.2. The Labute approximate surface area is 172 Å². The minimum Gasteiger partial charge on any atom is -0.396 e. The third kappa shape index (κ3) is 5.59. The van der Waals surface area contributed by atoms with E-state index in [0.29, 0.717) is 18.7 Å². The molecule has 1 N–H and O–H groups in total. The average Bonchev–Trinajstić information content (AvgIpc) is 2.75. The zero-order valence-electron chi connectivity index (χ0n) is 17.4. The van der Waals surface area contributed by atoms with Gasteiger partial charge in [0, 0.05) is 44.7 Å². The Hall–Kier alpha value is -1.83. The number of hydrogen-bond acceptors (Lipinski definition) is 6. The van der Waals surface area contributed by atoms with Gasteiger partial charge in [0.1, 0.15) is 0 Å². The molecule has 28 heavy (non-hydrogen) atoms.